The van der Waals surface area contributed by atoms with E-state index in [0.717, 1.165) is 32.7 Å². The van der Waals surface area contributed by atoms with Crippen molar-refractivity contribution in [1.29, 1.82) is 0 Å². The zero-order valence-corrected chi connectivity index (χ0v) is 17.8. The molecule has 0 fully saturated rings. The summed E-state index contributed by atoms with van der Waals surface area (Å²) in [5.41, 5.74) is 4.08. The van der Waals surface area contributed by atoms with Crippen molar-refractivity contribution in [2.24, 2.45) is 0 Å². The quantitative estimate of drug-likeness (QED) is 0.431. The normalized spacial score (nSPS) is 12.6. The van der Waals surface area contributed by atoms with Crippen molar-refractivity contribution in [3.05, 3.63) is 70.4 Å². The number of methoxy groups -OCH3 is 1. The molecule has 0 aliphatic rings. The fourth-order valence-electron chi connectivity index (χ4n) is 3.56. The molecule has 0 saturated carbocycles. The number of rotatable bonds is 5. The minimum absolute atomic E-state index is 0.0893. The number of thiazole rings is 1. The maximum atomic E-state index is 12.5. The Morgan fingerprint density at radius 1 is 1.10 bits per heavy atom. The number of aromatic nitrogens is 2. The summed E-state index contributed by atoms with van der Waals surface area (Å²) in [6.07, 6.45) is 0. The summed E-state index contributed by atoms with van der Waals surface area (Å²) in [5.74, 6) is -0.350. The molecule has 5 nitrogen and oxygen atoms in total. The number of nitrogens with zero attached hydrogens (tertiary/aromatic N) is 3. The molecular weight excluding hydrogens is 382 g/mol. The zero-order chi connectivity index (χ0) is 20.5. The van der Waals surface area contributed by atoms with E-state index in [-0.39, 0.29) is 12.0 Å². The number of pyridine rings is 1. The highest BCUT2D eigenvalue weighted by Gasteiger charge is 2.23. The average Bonchev–Trinajstić information content (AvgIpc) is 3.17. The van der Waals surface area contributed by atoms with Crippen LogP contribution < -0.4 is 0 Å². The molecule has 0 N–H and O–H groups in total. The van der Waals surface area contributed by atoms with Gasteiger partial charge in [-0.3, -0.25) is 9.88 Å². The second-order valence-corrected chi connectivity index (χ2v) is 8.24. The van der Waals surface area contributed by atoms with Gasteiger partial charge >= 0.3 is 5.97 Å². The molecule has 0 aliphatic heterocycles. The molecule has 0 amide bonds. The Balaban J connectivity index is 1.71. The van der Waals surface area contributed by atoms with E-state index < -0.39 is 0 Å². The third-order valence-electron chi connectivity index (χ3n) is 5.34. The van der Waals surface area contributed by atoms with Crippen LogP contribution in [-0.4, -0.2) is 35.0 Å². The van der Waals surface area contributed by atoms with Crippen molar-refractivity contribution in [2.75, 3.05) is 14.2 Å². The summed E-state index contributed by atoms with van der Waals surface area (Å²) in [6, 6.07) is 16.1. The summed E-state index contributed by atoms with van der Waals surface area (Å²) < 4.78 is 6.24. The maximum absolute atomic E-state index is 12.5. The number of benzene rings is 2. The second kappa shape index (κ2) is 7.89. The monoisotopic (exact) mass is 405 g/mol. The molecule has 0 bridgehead atoms. The molecule has 2 heterocycles. The fraction of sp³-hybridized carbons (Fsp3) is 0.261. The number of esters is 1. The molecule has 4 rings (SSSR count). The van der Waals surface area contributed by atoms with Crippen LogP contribution in [-0.2, 0) is 11.3 Å². The van der Waals surface area contributed by atoms with Gasteiger partial charge < -0.3 is 4.74 Å². The van der Waals surface area contributed by atoms with E-state index in [1.165, 1.54) is 11.8 Å². The molecule has 2 aromatic carbocycles. The smallest absolute Gasteiger partial charge is 0.340 e. The SMILES string of the molecule is COC(=O)c1c(CN(C)[C@@H](C)c2nc3ccccc3s2)nc2ccccc2c1C. The lowest BCUT2D eigenvalue weighted by Crippen LogP contribution is -2.24. The highest BCUT2D eigenvalue weighted by Crippen LogP contribution is 2.31. The van der Waals surface area contributed by atoms with Crippen molar-refractivity contribution in [3.8, 4) is 0 Å². The van der Waals surface area contributed by atoms with E-state index in [2.05, 4.69) is 17.9 Å². The summed E-state index contributed by atoms with van der Waals surface area (Å²) in [7, 11) is 3.44. The Labute approximate surface area is 174 Å². The molecule has 0 aliphatic carbocycles. The van der Waals surface area contributed by atoms with Crippen LogP contribution in [0.1, 0.15) is 39.6 Å². The standard InChI is InChI=1S/C23H23N3O2S/c1-14-16-9-5-6-10-17(16)24-19(21(14)23(27)28-4)13-26(3)15(2)22-25-18-11-7-8-12-20(18)29-22/h5-12,15H,13H2,1-4H3/t15-/m0/s1. The Morgan fingerprint density at radius 2 is 1.79 bits per heavy atom. The van der Waals surface area contributed by atoms with Gasteiger partial charge in [-0.25, -0.2) is 9.78 Å². The van der Waals surface area contributed by atoms with Crippen LogP contribution in [0, 0.1) is 6.92 Å². The molecule has 0 unspecified atom stereocenters. The fourth-order valence-corrected chi connectivity index (χ4v) is 4.64. The first kappa shape index (κ1) is 19.5. The Hall–Kier alpha value is -2.83. The Morgan fingerprint density at radius 3 is 2.52 bits per heavy atom. The Kier molecular flexibility index (Phi) is 5.30. The van der Waals surface area contributed by atoms with Gasteiger partial charge in [-0.05, 0) is 44.7 Å². The van der Waals surface area contributed by atoms with E-state index in [0.29, 0.717) is 12.1 Å². The minimum atomic E-state index is -0.350. The highest BCUT2D eigenvalue weighted by molar-refractivity contribution is 7.18. The van der Waals surface area contributed by atoms with E-state index >= 15 is 0 Å². The second-order valence-electron chi connectivity index (χ2n) is 7.18. The van der Waals surface area contributed by atoms with Crippen molar-refractivity contribution >= 4 is 38.4 Å². The van der Waals surface area contributed by atoms with Gasteiger partial charge in [0.05, 0.1) is 40.1 Å². The number of aryl methyl sites for hydroxylation is 1. The first-order chi connectivity index (χ1) is 14.0. The van der Waals surface area contributed by atoms with Gasteiger partial charge in [0.25, 0.3) is 0 Å². The summed E-state index contributed by atoms with van der Waals surface area (Å²) in [6.45, 7) is 4.60. The first-order valence-corrected chi connectivity index (χ1v) is 10.3. The van der Waals surface area contributed by atoms with Gasteiger partial charge in [-0.1, -0.05) is 30.3 Å². The average molecular weight is 406 g/mol. The minimum Gasteiger partial charge on any atom is -0.465 e. The van der Waals surface area contributed by atoms with Crippen LogP contribution >= 0.6 is 11.3 Å². The summed E-state index contributed by atoms with van der Waals surface area (Å²) >= 11 is 1.70. The zero-order valence-electron chi connectivity index (χ0n) is 17.0. The van der Waals surface area contributed by atoms with Crippen LogP contribution in [0.15, 0.2) is 48.5 Å². The molecule has 29 heavy (non-hydrogen) atoms. The predicted octanol–water partition coefficient (Wildman–Crippen LogP) is 5.13. The van der Waals surface area contributed by atoms with E-state index in [1.54, 1.807) is 11.3 Å². The van der Waals surface area contributed by atoms with E-state index in [1.807, 2.05) is 56.4 Å². The molecule has 0 spiro atoms. The van der Waals surface area contributed by atoms with E-state index in [9.17, 15) is 4.79 Å². The van der Waals surface area contributed by atoms with Crippen molar-refractivity contribution in [2.45, 2.75) is 26.4 Å². The lowest BCUT2D eigenvalue weighted by Gasteiger charge is -2.24. The lowest BCUT2D eigenvalue weighted by molar-refractivity contribution is 0.0596. The van der Waals surface area contributed by atoms with Crippen molar-refractivity contribution in [1.82, 2.24) is 14.9 Å². The molecule has 148 valence electrons. The number of fused-ring (bicyclic) bond motifs is 2. The maximum Gasteiger partial charge on any atom is 0.340 e. The van der Waals surface area contributed by atoms with Gasteiger partial charge in [0.2, 0.25) is 0 Å². The summed E-state index contributed by atoms with van der Waals surface area (Å²) in [4.78, 5) is 24.3. The van der Waals surface area contributed by atoms with Gasteiger partial charge in [0.1, 0.15) is 5.01 Å². The van der Waals surface area contributed by atoms with Crippen molar-refractivity contribution in [3.63, 3.8) is 0 Å². The van der Waals surface area contributed by atoms with Gasteiger partial charge in [0.15, 0.2) is 0 Å². The molecule has 1 atom stereocenters. The third kappa shape index (κ3) is 3.61. The number of ether oxygens (including phenoxy) is 1. The molecule has 0 radical (unpaired) electrons. The van der Waals surface area contributed by atoms with Crippen molar-refractivity contribution < 1.29 is 9.53 Å². The largest absolute Gasteiger partial charge is 0.465 e. The van der Waals surface area contributed by atoms with Crippen LogP contribution in [0.4, 0.5) is 0 Å². The topological polar surface area (TPSA) is 55.3 Å². The molecule has 6 heteroatoms. The molecular formula is C23H23N3O2S. The van der Waals surface area contributed by atoms with Crippen LogP contribution in [0.2, 0.25) is 0 Å². The lowest BCUT2D eigenvalue weighted by atomic mass is 10.0. The number of para-hydroxylation sites is 2. The van der Waals surface area contributed by atoms with E-state index in [4.69, 9.17) is 14.7 Å². The van der Waals surface area contributed by atoms with Crippen LogP contribution in [0.3, 0.4) is 0 Å². The van der Waals surface area contributed by atoms with Gasteiger partial charge in [-0.2, -0.15) is 0 Å². The third-order valence-corrected chi connectivity index (χ3v) is 6.55. The molecule has 2 aromatic heterocycles. The van der Waals surface area contributed by atoms with Crippen LogP contribution in [0.25, 0.3) is 21.1 Å². The highest BCUT2D eigenvalue weighted by atomic mass is 32.1. The van der Waals surface area contributed by atoms with Crippen LogP contribution in [0.5, 0.6) is 0 Å². The van der Waals surface area contributed by atoms with Gasteiger partial charge in [0, 0.05) is 11.9 Å². The predicted molar refractivity (Wildman–Crippen MR) is 117 cm³/mol. The number of carbonyl (C=O) groups is 1. The van der Waals surface area contributed by atoms with Gasteiger partial charge in [-0.15, -0.1) is 11.3 Å². The number of hydrogen-bond acceptors (Lipinski definition) is 6. The first-order valence-electron chi connectivity index (χ1n) is 9.52. The number of hydrogen-bond donors (Lipinski definition) is 0. The number of carbonyl (C=O) groups excluding carboxylic acids is 1. The summed E-state index contributed by atoms with van der Waals surface area (Å²) in [5, 5.41) is 2.02. The molecule has 4 aromatic rings. The molecule has 0 saturated heterocycles. The Bertz CT molecular complexity index is 1170.